The minimum Gasteiger partial charge on any atom is -0.363 e. The van der Waals surface area contributed by atoms with Crippen LogP contribution in [0.1, 0.15) is 10.4 Å². The van der Waals surface area contributed by atoms with Crippen molar-refractivity contribution in [2.24, 2.45) is 0 Å². The summed E-state index contributed by atoms with van der Waals surface area (Å²) in [7, 11) is 3.85. The van der Waals surface area contributed by atoms with Gasteiger partial charge in [0, 0.05) is 25.7 Å². The molecule has 0 aliphatic rings. The second kappa shape index (κ2) is 5.28. The summed E-state index contributed by atoms with van der Waals surface area (Å²) in [6.45, 7) is 0. The van der Waals surface area contributed by atoms with E-state index in [1.807, 2.05) is 55.5 Å². The largest absolute Gasteiger partial charge is 0.363 e. The zero-order valence-corrected chi connectivity index (χ0v) is 11.9. The van der Waals surface area contributed by atoms with E-state index >= 15 is 0 Å². The molecule has 2 N–H and O–H groups in total. The molecule has 0 spiro atoms. The number of aromatic nitrogens is 2. The number of amides is 1. The quantitative estimate of drug-likeness (QED) is 0.775. The fraction of sp³-hybridized carbons (Fsp3) is 0.125. The summed E-state index contributed by atoms with van der Waals surface area (Å²) in [4.78, 5) is 21.7. The molecule has 3 aromatic rings. The third kappa shape index (κ3) is 2.58. The van der Waals surface area contributed by atoms with Crippen LogP contribution in [0.3, 0.4) is 0 Å². The molecule has 0 saturated heterocycles. The van der Waals surface area contributed by atoms with Crippen molar-refractivity contribution in [1.82, 2.24) is 9.97 Å². The fourth-order valence-electron chi connectivity index (χ4n) is 2.20. The van der Waals surface area contributed by atoms with Crippen molar-refractivity contribution in [2.45, 2.75) is 0 Å². The Hall–Kier alpha value is -2.82. The maximum Gasteiger partial charge on any atom is 0.257 e. The highest BCUT2D eigenvalue weighted by molar-refractivity contribution is 6.11. The van der Waals surface area contributed by atoms with Gasteiger partial charge in [0.1, 0.15) is 5.82 Å². The lowest BCUT2D eigenvalue weighted by molar-refractivity contribution is 0.102. The van der Waals surface area contributed by atoms with Crippen molar-refractivity contribution < 1.29 is 4.79 Å². The zero-order valence-electron chi connectivity index (χ0n) is 11.9. The monoisotopic (exact) mass is 280 g/mol. The zero-order chi connectivity index (χ0) is 14.8. The standard InChI is InChI=1S/C16H16N4O/c1-20(2)14-7-6-12(10-18-14)19-16(21)13-5-3-4-11-8-9-17-15(11)13/h3-10,17H,1-2H3,(H,19,21). The number of anilines is 2. The number of aromatic amines is 1. The molecule has 2 heterocycles. The van der Waals surface area contributed by atoms with Crippen molar-refractivity contribution >= 4 is 28.3 Å². The van der Waals surface area contributed by atoms with E-state index in [4.69, 9.17) is 0 Å². The van der Waals surface area contributed by atoms with Gasteiger partial charge in [-0.2, -0.15) is 0 Å². The first-order chi connectivity index (χ1) is 10.1. The van der Waals surface area contributed by atoms with Crippen LogP contribution in [0, 0.1) is 0 Å². The number of rotatable bonds is 3. The lowest BCUT2D eigenvalue weighted by Crippen LogP contribution is -2.14. The van der Waals surface area contributed by atoms with Gasteiger partial charge in [0.15, 0.2) is 0 Å². The summed E-state index contributed by atoms with van der Waals surface area (Å²) in [6.07, 6.45) is 3.48. The Balaban J connectivity index is 1.84. The van der Waals surface area contributed by atoms with E-state index < -0.39 is 0 Å². The van der Waals surface area contributed by atoms with E-state index in [2.05, 4.69) is 15.3 Å². The van der Waals surface area contributed by atoms with Gasteiger partial charge in [-0.1, -0.05) is 12.1 Å². The normalized spacial score (nSPS) is 10.6. The van der Waals surface area contributed by atoms with Crippen LogP contribution in [0.4, 0.5) is 11.5 Å². The first-order valence-electron chi connectivity index (χ1n) is 6.66. The Morgan fingerprint density at radius 2 is 2.05 bits per heavy atom. The third-order valence-electron chi connectivity index (χ3n) is 3.30. The lowest BCUT2D eigenvalue weighted by Gasteiger charge is -2.11. The second-order valence-electron chi connectivity index (χ2n) is 5.00. The van der Waals surface area contributed by atoms with Crippen molar-refractivity contribution in [1.29, 1.82) is 0 Å². The van der Waals surface area contributed by atoms with Crippen molar-refractivity contribution in [2.75, 3.05) is 24.3 Å². The molecular formula is C16H16N4O. The van der Waals surface area contributed by atoms with E-state index in [1.165, 1.54) is 0 Å². The highest BCUT2D eigenvalue weighted by atomic mass is 16.1. The molecule has 5 nitrogen and oxygen atoms in total. The predicted molar refractivity (Wildman–Crippen MR) is 84.8 cm³/mol. The van der Waals surface area contributed by atoms with Crippen molar-refractivity contribution in [3.63, 3.8) is 0 Å². The maximum absolute atomic E-state index is 12.4. The fourth-order valence-corrected chi connectivity index (χ4v) is 2.20. The first-order valence-corrected chi connectivity index (χ1v) is 6.66. The van der Waals surface area contributed by atoms with Gasteiger partial charge in [0.05, 0.1) is 23.0 Å². The van der Waals surface area contributed by atoms with Gasteiger partial charge in [-0.15, -0.1) is 0 Å². The summed E-state index contributed by atoms with van der Waals surface area (Å²) in [6, 6.07) is 11.3. The number of H-pyrrole nitrogens is 1. The van der Waals surface area contributed by atoms with Crippen LogP contribution in [0.25, 0.3) is 10.9 Å². The molecular weight excluding hydrogens is 264 g/mol. The number of benzene rings is 1. The van der Waals surface area contributed by atoms with E-state index in [9.17, 15) is 4.79 Å². The van der Waals surface area contributed by atoms with E-state index in [-0.39, 0.29) is 5.91 Å². The molecule has 0 aliphatic heterocycles. The van der Waals surface area contributed by atoms with Gasteiger partial charge in [-0.25, -0.2) is 4.98 Å². The predicted octanol–water partition coefficient (Wildman–Crippen LogP) is 2.88. The number of carbonyl (C=O) groups is 1. The summed E-state index contributed by atoms with van der Waals surface area (Å²) < 4.78 is 0. The third-order valence-corrected chi connectivity index (χ3v) is 3.30. The minimum absolute atomic E-state index is 0.151. The van der Waals surface area contributed by atoms with Crippen LogP contribution < -0.4 is 10.2 Å². The average molecular weight is 280 g/mol. The SMILES string of the molecule is CN(C)c1ccc(NC(=O)c2cccc3cc[nH]c23)cn1. The molecule has 0 saturated carbocycles. The van der Waals surface area contributed by atoms with Gasteiger partial charge in [-0.05, 0) is 24.3 Å². The number of hydrogen-bond donors (Lipinski definition) is 2. The Kier molecular flexibility index (Phi) is 3.31. The molecule has 21 heavy (non-hydrogen) atoms. The summed E-state index contributed by atoms with van der Waals surface area (Å²) in [5, 5.41) is 3.88. The molecule has 3 rings (SSSR count). The van der Waals surface area contributed by atoms with Crippen molar-refractivity contribution in [3.05, 3.63) is 54.4 Å². The smallest absolute Gasteiger partial charge is 0.257 e. The van der Waals surface area contributed by atoms with Gasteiger partial charge in [-0.3, -0.25) is 4.79 Å². The van der Waals surface area contributed by atoms with Crippen LogP contribution in [0.2, 0.25) is 0 Å². The van der Waals surface area contributed by atoms with E-state index in [1.54, 1.807) is 12.3 Å². The van der Waals surface area contributed by atoms with Crippen LogP contribution in [-0.2, 0) is 0 Å². The summed E-state index contributed by atoms with van der Waals surface area (Å²) in [5.74, 6) is 0.696. The van der Waals surface area contributed by atoms with Gasteiger partial charge in [0.25, 0.3) is 5.91 Å². The highest BCUT2D eigenvalue weighted by Gasteiger charge is 2.11. The Bertz CT molecular complexity index is 774. The lowest BCUT2D eigenvalue weighted by atomic mass is 10.1. The summed E-state index contributed by atoms with van der Waals surface area (Å²) >= 11 is 0. The van der Waals surface area contributed by atoms with E-state index in [0.717, 1.165) is 16.7 Å². The summed E-state index contributed by atoms with van der Waals surface area (Å²) in [5.41, 5.74) is 2.14. The number of nitrogens with one attached hydrogen (secondary N) is 2. The van der Waals surface area contributed by atoms with Crippen LogP contribution >= 0.6 is 0 Å². The Morgan fingerprint density at radius 1 is 1.19 bits per heavy atom. The number of carbonyl (C=O) groups excluding carboxylic acids is 1. The molecule has 1 amide bonds. The number of fused-ring (bicyclic) bond motifs is 1. The number of hydrogen-bond acceptors (Lipinski definition) is 3. The maximum atomic E-state index is 12.4. The molecule has 1 aromatic carbocycles. The molecule has 0 bridgehead atoms. The number of pyridine rings is 1. The highest BCUT2D eigenvalue weighted by Crippen LogP contribution is 2.19. The molecule has 0 aliphatic carbocycles. The van der Waals surface area contributed by atoms with Gasteiger partial charge >= 0.3 is 0 Å². The molecule has 0 unspecified atom stereocenters. The number of nitrogens with zero attached hydrogens (tertiary/aromatic N) is 2. The van der Waals surface area contributed by atoms with E-state index in [0.29, 0.717) is 11.3 Å². The molecule has 0 atom stereocenters. The molecule has 106 valence electrons. The van der Waals surface area contributed by atoms with Gasteiger partial charge in [0.2, 0.25) is 0 Å². The molecule has 0 radical (unpaired) electrons. The van der Waals surface area contributed by atoms with Gasteiger partial charge < -0.3 is 15.2 Å². The molecule has 0 fully saturated rings. The van der Waals surface area contributed by atoms with Crippen LogP contribution in [-0.4, -0.2) is 30.0 Å². The van der Waals surface area contributed by atoms with Crippen LogP contribution in [0.15, 0.2) is 48.8 Å². The molecule has 5 heteroatoms. The minimum atomic E-state index is -0.151. The van der Waals surface area contributed by atoms with Crippen LogP contribution in [0.5, 0.6) is 0 Å². The molecule has 2 aromatic heterocycles. The Labute approximate surface area is 122 Å². The number of para-hydroxylation sites is 1. The Morgan fingerprint density at radius 3 is 2.76 bits per heavy atom. The van der Waals surface area contributed by atoms with Crippen molar-refractivity contribution in [3.8, 4) is 0 Å². The second-order valence-corrected chi connectivity index (χ2v) is 5.00. The topological polar surface area (TPSA) is 61.0 Å². The average Bonchev–Trinajstić information content (AvgIpc) is 2.96. The first kappa shape index (κ1) is 13.2.